The van der Waals surface area contributed by atoms with E-state index in [9.17, 15) is 14.4 Å². The number of carboxylic acid groups (broad SMARTS) is 1. The highest BCUT2D eigenvalue weighted by molar-refractivity contribution is 6.09. The van der Waals surface area contributed by atoms with Crippen LogP contribution in [0.15, 0.2) is 48.5 Å². The van der Waals surface area contributed by atoms with Gasteiger partial charge in [-0.1, -0.05) is 24.3 Å². The molecule has 106 valence electrons. The molecular weight excluding hydrogens is 272 g/mol. The van der Waals surface area contributed by atoms with Crippen LogP contribution in [0.1, 0.15) is 36.6 Å². The van der Waals surface area contributed by atoms with Gasteiger partial charge in [0, 0.05) is 11.1 Å². The number of carbonyl (C=O) groups is 3. The topological polar surface area (TPSA) is 80.7 Å². The molecule has 0 amide bonds. The summed E-state index contributed by atoms with van der Waals surface area (Å²) in [7, 11) is 1.28. The van der Waals surface area contributed by atoms with Crippen molar-refractivity contribution in [1.29, 1.82) is 0 Å². The van der Waals surface area contributed by atoms with Crippen LogP contribution in [-0.4, -0.2) is 29.9 Å². The maximum Gasteiger partial charge on any atom is 0.337 e. The molecule has 0 heterocycles. The third-order valence-corrected chi connectivity index (χ3v) is 2.96. The Labute approximate surface area is 120 Å². The zero-order valence-electron chi connectivity index (χ0n) is 11.2. The third kappa shape index (κ3) is 3.14. The van der Waals surface area contributed by atoms with Gasteiger partial charge in [0.2, 0.25) is 0 Å². The summed E-state index contributed by atoms with van der Waals surface area (Å²) in [5.41, 5.74) is 1.26. The molecule has 5 heteroatoms. The normalized spacial score (nSPS) is 9.95. The van der Waals surface area contributed by atoms with Crippen LogP contribution in [0.2, 0.25) is 0 Å². The highest BCUT2D eigenvalue weighted by atomic mass is 16.5. The molecule has 2 aromatic rings. The van der Waals surface area contributed by atoms with E-state index in [0.29, 0.717) is 16.7 Å². The number of hydrogen-bond acceptors (Lipinski definition) is 4. The summed E-state index contributed by atoms with van der Waals surface area (Å²) < 4.78 is 4.58. The van der Waals surface area contributed by atoms with Crippen molar-refractivity contribution >= 4 is 17.7 Å². The summed E-state index contributed by atoms with van der Waals surface area (Å²) in [6.45, 7) is 0. The van der Waals surface area contributed by atoms with Gasteiger partial charge in [0.1, 0.15) is 0 Å². The number of carboxylic acids is 1. The molecule has 21 heavy (non-hydrogen) atoms. The van der Waals surface area contributed by atoms with Gasteiger partial charge in [-0.15, -0.1) is 0 Å². The van der Waals surface area contributed by atoms with Crippen molar-refractivity contribution in [2.45, 2.75) is 0 Å². The van der Waals surface area contributed by atoms with Gasteiger partial charge in [-0.3, -0.25) is 4.79 Å². The molecule has 0 fully saturated rings. The highest BCUT2D eigenvalue weighted by Gasteiger charge is 2.12. The number of hydrogen-bond donors (Lipinski definition) is 1. The Bertz CT molecular complexity index is 684. The van der Waals surface area contributed by atoms with Gasteiger partial charge < -0.3 is 9.84 Å². The van der Waals surface area contributed by atoms with Crippen LogP contribution in [-0.2, 0) is 4.74 Å². The van der Waals surface area contributed by atoms with Crippen molar-refractivity contribution in [3.63, 3.8) is 0 Å². The number of methoxy groups -OCH3 is 1. The summed E-state index contributed by atoms with van der Waals surface area (Å²) in [6, 6.07) is 11.7. The first-order valence-electron chi connectivity index (χ1n) is 6.09. The van der Waals surface area contributed by atoms with Crippen molar-refractivity contribution < 1.29 is 24.2 Å². The standard InChI is InChI=1S/C16H12O5/c1-21-16(20)13-8-4-11(5-9-13)14(17)10-2-6-12(7-3-10)15(18)19/h2-9H,1H3,(H,18,19). The van der Waals surface area contributed by atoms with Gasteiger partial charge in [0.25, 0.3) is 0 Å². The SMILES string of the molecule is COC(=O)c1ccc(C(=O)c2ccc(C(=O)O)cc2)cc1. The fraction of sp³-hybridized carbons (Fsp3) is 0.0625. The van der Waals surface area contributed by atoms with Gasteiger partial charge in [-0.2, -0.15) is 0 Å². The van der Waals surface area contributed by atoms with Crippen LogP contribution in [0.4, 0.5) is 0 Å². The maximum atomic E-state index is 12.2. The smallest absolute Gasteiger partial charge is 0.337 e. The molecule has 0 unspecified atom stereocenters. The van der Waals surface area contributed by atoms with Gasteiger partial charge >= 0.3 is 11.9 Å². The van der Waals surface area contributed by atoms with Gasteiger partial charge in [-0.25, -0.2) is 9.59 Å². The monoisotopic (exact) mass is 284 g/mol. The lowest BCUT2D eigenvalue weighted by Crippen LogP contribution is -2.05. The van der Waals surface area contributed by atoms with Crippen LogP contribution in [0, 0.1) is 0 Å². The Morgan fingerprint density at radius 3 is 1.52 bits per heavy atom. The summed E-state index contributed by atoms with van der Waals surface area (Å²) in [4.78, 5) is 34.3. The molecule has 0 saturated heterocycles. The Balaban J connectivity index is 2.23. The average molecular weight is 284 g/mol. The van der Waals surface area contributed by atoms with E-state index in [1.54, 1.807) is 0 Å². The maximum absolute atomic E-state index is 12.2. The zero-order valence-corrected chi connectivity index (χ0v) is 11.2. The molecular formula is C16H12O5. The van der Waals surface area contributed by atoms with E-state index in [1.807, 2.05) is 0 Å². The fourth-order valence-electron chi connectivity index (χ4n) is 1.81. The van der Waals surface area contributed by atoms with Crippen LogP contribution >= 0.6 is 0 Å². The summed E-state index contributed by atoms with van der Waals surface area (Å²) in [5, 5.41) is 8.81. The molecule has 0 aromatic heterocycles. The number of rotatable bonds is 4. The molecule has 0 bridgehead atoms. The summed E-state index contributed by atoms with van der Waals surface area (Å²) in [6.07, 6.45) is 0. The van der Waals surface area contributed by atoms with Gasteiger partial charge in [-0.05, 0) is 24.3 Å². The van der Waals surface area contributed by atoms with E-state index in [0.717, 1.165) is 0 Å². The van der Waals surface area contributed by atoms with E-state index in [-0.39, 0.29) is 11.3 Å². The van der Waals surface area contributed by atoms with Crippen LogP contribution in [0.5, 0.6) is 0 Å². The largest absolute Gasteiger partial charge is 0.478 e. The van der Waals surface area contributed by atoms with Crippen molar-refractivity contribution in [3.05, 3.63) is 70.8 Å². The van der Waals surface area contributed by atoms with E-state index < -0.39 is 11.9 Å². The predicted molar refractivity (Wildman–Crippen MR) is 74.6 cm³/mol. The molecule has 2 rings (SSSR count). The van der Waals surface area contributed by atoms with Gasteiger partial charge in [0.05, 0.1) is 18.2 Å². The van der Waals surface area contributed by atoms with Crippen molar-refractivity contribution in [2.75, 3.05) is 7.11 Å². The van der Waals surface area contributed by atoms with E-state index in [2.05, 4.69) is 4.74 Å². The molecule has 0 aliphatic rings. The van der Waals surface area contributed by atoms with Gasteiger partial charge in [0.15, 0.2) is 5.78 Å². The quantitative estimate of drug-likeness (QED) is 0.688. The number of esters is 1. The lowest BCUT2D eigenvalue weighted by molar-refractivity contribution is 0.0599. The van der Waals surface area contributed by atoms with Crippen LogP contribution in [0.3, 0.4) is 0 Å². The Morgan fingerprint density at radius 1 is 0.762 bits per heavy atom. The Kier molecular flexibility index (Phi) is 4.13. The first-order valence-corrected chi connectivity index (χ1v) is 6.09. The summed E-state index contributed by atoms with van der Waals surface area (Å²) >= 11 is 0. The highest BCUT2D eigenvalue weighted by Crippen LogP contribution is 2.13. The second-order valence-corrected chi connectivity index (χ2v) is 4.28. The first kappa shape index (κ1) is 14.5. The lowest BCUT2D eigenvalue weighted by Gasteiger charge is -2.03. The number of benzene rings is 2. The minimum atomic E-state index is -1.04. The van der Waals surface area contributed by atoms with Crippen molar-refractivity contribution in [2.24, 2.45) is 0 Å². The minimum absolute atomic E-state index is 0.118. The molecule has 0 radical (unpaired) electrons. The number of ether oxygens (including phenoxy) is 1. The molecule has 0 aliphatic heterocycles. The van der Waals surface area contributed by atoms with Crippen LogP contribution < -0.4 is 0 Å². The van der Waals surface area contributed by atoms with Crippen molar-refractivity contribution in [3.8, 4) is 0 Å². The summed E-state index contributed by atoms with van der Waals surface area (Å²) in [5.74, 6) is -1.76. The fourth-order valence-corrected chi connectivity index (χ4v) is 1.81. The van der Waals surface area contributed by atoms with Crippen molar-refractivity contribution in [1.82, 2.24) is 0 Å². The van der Waals surface area contributed by atoms with E-state index in [1.165, 1.54) is 55.6 Å². The number of aromatic carboxylic acids is 1. The lowest BCUT2D eigenvalue weighted by atomic mass is 10.0. The van der Waals surface area contributed by atoms with E-state index >= 15 is 0 Å². The Morgan fingerprint density at radius 2 is 1.14 bits per heavy atom. The molecule has 5 nitrogen and oxygen atoms in total. The number of ketones is 1. The number of carbonyl (C=O) groups excluding carboxylic acids is 2. The third-order valence-electron chi connectivity index (χ3n) is 2.96. The molecule has 0 spiro atoms. The molecule has 2 aromatic carbocycles. The average Bonchev–Trinajstić information content (AvgIpc) is 2.53. The molecule has 0 atom stereocenters. The zero-order chi connectivity index (χ0) is 15.4. The second kappa shape index (κ2) is 6.00. The molecule has 0 saturated carbocycles. The van der Waals surface area contributed by atoms with Crippen LogP contribution in [0.25, 0.3) is 0 Å². The first-order chi connectivity index (χ1) is 10.0. The Hall–Kier alpha value is -2.95. The predicted octanol–water partition coefficient (Wildman–Crippen LogP) is 2.40. The molecule has 0 aliphatic carbocycles. The molecule has 1 N–H and O–H groups in total. The second-order valence-electron chi connectivity index (χ2n) is 4.28. The minimum Gasteiger partial charge on any atom is -0.478 e. The van der Waals surface area contributed by atoms with E-state index in [4.69, 9.17) is 5.11 Å².